The summed E-state index contributed by atoms with van der Waals surface area (Å²) in [7, 11) is -6.07. The second-order valence-electron chi connectivity index (χ2n) is 15.3. The van der Waals surface area contributed by atoms with Crippen LogP contribution in [0.2, 0.25) is 6.82 Å². The van der Waals surface area contributed by atoms with E-state index in [0.717, 1.165) is 5.46 Å². The molecule has 0 spiro atoms. The molecule has 0 atom stereocenters. The Morgan fingerprint density at radius 2 is 0.845 bits per heavy atom. The summed E-state index contributed by atoms with van der Waals surface area (Å²) < 4.78 is 125. The van der Waals surface area contributed by atoms with E-state index in [1.807, 2.05) is 37.2 Å². The van der Waals surface area contributed by atoms with Crippen LogP contribution in [0.4, 0.5) is 26.3 Å². The average molecular weight is 825 g/mol. The molecule has 3 aliphatic heterocycles. The van der Waals surface area contributed by atoms with Gasteiger partial charge >= 0.3 is 28.4 Å². The van der Waals surface area contributed by atoms with Crippen LogP contribution in [-0.4, -0.2) is 71.5 Å². The van der Waals surface area contributed by atoms with Crippen LogP contribution in [0, 0.1) is 17.5 Å². The lowest BCUT2D eigenvalue weighted by atomic mass is 9.20. The van der Waals surface area contributed by atoms with Crippen molar-refractivity contribution < 1.29 is 57.3 Å². The Labute approximate surface area is 335 Å². The van der Waals surface area contributed by atoms with Crippen LogP contribution in [0.1, 0.15) is 27.7 Å². The van der Waals surface area contributed by atoms with Gasteiger partial charge < -0.3 is 22.5 Å². The molecular weight excluding hydrogens is 780 g/mol. The number of halogens is 6. The van der Waals surface area contributed by atoms with E-state index in [9.17, 15) is 34.8 Å². The van der Waals surface area contributed by atoms with Gasteiger partial charge in [0.2, 0.25) is 0 Å². The first-order chi connectivity index (χ1) is 27.3. The summed E-state index contributed by atoms with van der Waals surface area (Å²) >= 11 is 0. The summed E-state index contributed by atoms with van der Waals surface area (Å²) in [4.78, 5) is 0. The minimum absolute atomic E-state index is 0.111. The lowest BCUT2D eigenvalue weighted by molar-refractivity contribution is -0.613. The van der Waals surface area contributed by atoms with Crippen molar-refractivity contribution in [1.29, 1.82) is 0 Å². The zero-order chi connectivity index (χ0) is 42.4. The highest BCUT2D eigenvalue weighted by Gasteiger charge is 2.76. The van der Waals surface area contributed by atoms with Crippen molar-refractivity contribution in [3.63, 3.8) is 0 Å². The van der Waals surface area contributed by atoms with Crippen molar-refractivity contribution in [3.8, 4) is 0 Å². The normalized spacial score (nSPS) is 21.3. The lowest BCUT2D eigenvalue weighted by Crippen LogP contribution is -2.83. The van der Waals surface area contributed by atoms with Crippen LogP contribution < -0.4 is 10.9 Å². The fourth-order valence-electron chi connectivity index (χ4n) is 7.52. The number of rotatable bonds is 4. The largest absolute Gasteiger partial charge is 0.722 e. The second kappa shape index (κ2) is 17.3. The van der Waals surface area contributed by atoms with Gasteiger partial charge in [-0.05, 0) is 69.6 Å². The summed E-state index contributed by atoms with van der Waals surface area (Å²) in [5, 5.41) is 0. The number of benzene rings is 5. The number of hydrogen-bond donors (Lipinski definition) is 0. The standard InChI is InChI=1S/C24H29B2F3N2O5S.3C6H5F/c1-22(2)16-34-20-25(5,18-12-8-6-9-13-18)21-31(23(3,4)17-35-21)26(30(20)22,19-14-10-7-11-15-19)36-37(32,33)24(27,28)29;3*7-6-4-2-1-3-5-6/h6-15H,16-17H2,1-5H3;3*1-5H. The van der Waals surface area contributed by atoms with Gasteiger partial charge in [-0.15, -0.1) is 0 Å². The van der Waals surface area contributed by atoms with Crippen LogP contribution in [0.15, 0.2) is 152 Å². The van der Waals surface area contributed by atoms with E-state index in [2.05, 4.69) is 0 Å². The molecule has 0 fully saturated rings. The van der Waals surface area contributed by atoms with Crippen LogP contribution in [0.25, 0.3) is 0 Å². The van der Waals surface area contributed by atoms with Gasteiger partial charge in [0.15, 0.2) is 0 Å². The van der Waals surface area contributed by atoms with Crippen molar-refractivity contribution in [2.45, 2.75) is 51.1 Å². The Morgan fingerprint density at radius 3 is 1.12 bits per heavy atom. The molecule has 0 N–H and O–H groups in total. The fraction of sp³-hybridized carbons (Fsp3) is 0.238. The molecular formula is C42H44B2F6N2O5S. The van der Waals surface area contributed by atoms with E-state index in [1.165, 1.54) is 36.4 Å². The molecule has 0 bridgehead atoms. The van der Waals surface area contributed by atoms with Crippen molar-refractivity contribution in [3.05, 3.63) is 169 Å². The minimum atomic E-state index is -6.07. The van der Waals surface area contributed by atoms with Gasteiger partial charge in [0, 0.05) is 0 Å². The van der Waals surface area contributed by atoms with Gasteiger partial charge in [-0.1, -0.05) is 115 Å². The molecule has 0 aliphatic carbocycles. The maximum Gasteiger partial charge on any atom is 0.722 e. The molecule has 3 aliphatic rings. The van der Waals surface area contributed by atoms with Crippen molar-refractivity contribution in [2.75, 3.05) is 13.2 Å². The van der Waals surface area contributed by atoms with Crippen molar-refractivity contribution in [2.24, 2.45) is 0 Å². The van der Waals surface area contributed by atoms with Crippen LogP contribution >= 0.6 is 0 Å². The summed E-state index contributed by atoms with van der Waals surface area (Å²) in [6.07, 6.45) is -1.98. The molecule has 58 heavy (non-hydrogen) atoms. The molecule has 0 radical (unpaired) electrons. The second-order valence-corrected chi connectivity index (χ2v) is 16.9. The fourth-order valence-corrected chi connectivity index (χ4v) is 8.27. The first-order valence-corrected chi connectivity index (χ1v) is 19.9. The number of hydrogen-bond acceptors (Lipinski definition) is 5. The molecule has 7 nitrogen and oxygen atoms in total. The molecule has 0 saturated heterocycles. The smallest absolute Gasteiger partial charge is 0.477 e. The molecule has 306 valence electrons. The number of nitrogens with zero attached hydrogens (tertiary/aromatic N) is 2. The highest BCUT2D eigenvalue weighted by molar-refractivity contribution is 7.88. The third-order valence-corrected chi connectivity index (χ3v) is 11.1. The summed E-state index contributed by atoms with van der Waals surface area (Å²) in [6, 6.07) is 41.4. The Kier molecular flexibility index (Phi) is 13.0. The van der Waals surface area contributed by atoms with E-state index < -0.39 is 39.5 Å². The van der Waals surface area contributed by atoms with Gasteiger partial charge in [-0.25, -0.2) is 13.2 Å². The monoisotopic (exact) mass is 824 g/mol. The highest BCUT2D eigenvalue weighted by atomic mass is 32.2. The zero-order valence-electron chi connectivity index (χ0n) is 32.6. The Balaban J connectivity index is 0.000000244. The van der Waals surface area contributed by atoms with Gasteiger partial charge in [-0.3, -0.25) is 0 Å². The van der Waals surface area contributed by atoms with Crippen LogP contribution in [-0.2, 0) is 23.7 Å². The molecule has 5 aromatic carbocycles. The molecule has 0 unspecified atom stereocenters. The van der Waals surface area contributed by atoms with Gasteiger partial charge in [0.25, 0.3) is 0 Å². The lowest BCUT2D eigenvalue weighted by Gasteiger charge is -2.47. The first kappa shape index (κ1) is 43.8. The molecule has 8 rings (SSSR count). The third kappa shape index (κ3) is 9.02. The maximum atomic E-state index is 14.0. The topological polar surface area (TPSA) is 67.9 Å². The summed E-state index contributed by atoms with van der Waals surface area (Å²) in [6.45, 7) is 6.10. The number of ether oxygens (including phenoxy) is 2. The van der Waals surface area contributed by atoms with E-state index in [0.29, 0.717) is 11.6 Å². The zero-order valence-corrected chi connectivity index (χ0v) is 33.4. The first-order valence-electron chi connectivity index (χ1n) is 18.5. The van der Waals surface area contributed by atoms with E-state index >= 15 is 0 Å². The molecule has 16 heteroatoms. The summed E-state index contributed by atoms with van der Waals surface area (Å²) in [5.41, 5.74) is -6.41. The van der Waals surface area contributed by atoms with E-state index in [1.54, 1.807) is 122 Å². The van der Waals surface area contributed by atoms with Crippen molar-refractivity contribution in [1.82, 2.24) is 0 Å². The molecule has 0 aromatic heterocycles. The van der Waals surface area contributed by atoms with Gasteiger partial charge in [-0.2, -0.15) is 33.9 Å². The predicted octanol–water partition coefficient (Wildman–Crippen LogP) is 7.69. The minimum Gasteiger partial charge on any atom is -0.477 e. The SMILES string of the molecule is C[B-]1(c2ccccc2)C2=[N+]([B-](OS(=O)(=O)C(F)(F)F)(c3ccccc3)[N+]3=C1OCC3(C)C)C(C)(C)CO2.Fc1ccccc1.Fc1ccccc1.Fc1ccccc1. The van der Waals surface area contributed by atoms with E-state index in [4.69, 9.17) is 13.6 Å². The molecule has 0 saturated carbocycles. The van der Waals surface area contributed by atoms with Gasteiger partial charge in [0.05, 0.1) is 0 Å². The van der Waals surface area contributed by atoms with E-state index in [-0.39, 0.29) is 36.1 Å². The third-order valence-electron chi connectivity index (χ3n) is 10.1. The Bertz CT molecular complexity index is 2190. The Hall–Kier alpha value is -5.34. The summed E-state index contributed by atoms with van der Waals surface area (Å²) in [5.74, 6) is 0.134. The van der Waals surface area contributed by atoms with Crippen LogP contribution in [0.5, 0.6) is 0 Å². The average Bonchev–Trinajstić information content (AvgIpc) is 3.71. The molecule has 0 amide bonds. The molecule has 3 heterocycles. The van der Waals surface area contributed by atoms with Gasteiger partial charge in [0.1, 0.15) is 53.3 Å². The quantitative estimate of drug-likeness (QED) is 0.106. The highest BCUT2D eigenvalue weighted by Crippen LogP contribution is 2.41. The number of alkyl halides is 3. The molecule has 5 aromatic rings. The Morgan fingerprint density at radius 1 is 0.552 bits per heavy atom. The van der Waals surface area contributed by atoms with Crippen molar-refractivity contribution >= 4 is 45.4 Å². The predicted molar refractivity (Wildman–Crippen MR) is 215 cm³/mol. The maximum absolute atomic E-state index is 14.0. The van der Waals surface area contributed by atoms with Crippen LogP contribution in [0.3, 0.4) is 0 Å².